The van der Waals surface area contributed by atoms with E-state index in [1.165, 1.54) is 0 Å². The van der Waals surface area contributed by atoms with E-state index in [-0.39, 0.29) is 0 Å². The van der Waals surface area contributed by atoms with Crippen molar-refractivity contribution < 1.29 is 4.74 Å². The third-order valence-electron chi connectivity index (χ3n) is 1.98. The number of ether oxygens (including phenoxy) is 1. The largest absolute Gasteiger partial charge is 0.475 e. The Kier molecular flexibility index (Phi) is 3.32. The molecule has 2 rings (SSSR count). The van der Waals surface area contributed by atoms with Gasteiger partial charge in [-0.2, -0.15) is 0 Å². The molecule has 0 aromatic rings. The van der Waals surface area contributed by atoms with Crippen LogP contribution in [0, 0.1) is 0 Å². The Balaban J connectivity index is 0.000000336. The first-order chi connectivity index (χ1) is 5.86. The molecule has 0 saturated carbocycles. The molecule has 2 unspecified atom stereocenters. The fourth-order valence-electron chi connectivity index (χ4n) is 1.51. The lowest BCUT2D eigenvalue weighted by atomic mass is 10.0. The minimum absolute atomic E-state index is 0.328. The summed E-state index contributed by atoms with van der Waals surface area (Å²) in [6.07, 6.45) is 6.95. The molecule has 2 heteroatoms. The quantitative estimate of drug-likeness (QED) is 0.508. The molecule has 0 saturated heterocycles. The molecule has 0 bridgehead atoms. The Morgan fingerprint density at radius 3 is 2.92 bits per heavy atom. The van der Waals surface area contributed by atoms with Gasteiger partial charge in [0, 0.05) is 6.92 Å². The molecule has 0 aromatic heterocycles. The van der Waals surface area contributed by atoms with E-state index in [2.05, 4.69) is 17.1 Å². The lowest BCUT2D eigenvalue weighted by Gasteiger charge is -2.16. The molecule has 0 amide bonds. The van der Waals surface area contributed by atoms with Gasteiger partial charge in [0.2, 0.25) is 0 Å². The monoisotopic (exact) mass is 167 g/mol. The molecular weight excluding hydrogens is 150 g/mol. The molecule has 2 aliphatic rings. The summed E-state index contributed by atoms with van der Waals surface area (Å²) in [4.78, 5) is 4.32. The van der Waals surface area contributed by atoms with Crippen molar-refractivity contribution in [2.24, 2.45) is 4.99 Å². The summed E-state index contributed by atoms with van der Waals surface area (Å²) in [5.74, 6) is 0.849. The second-order valence-corrected chi connectivity index (χ2v) is 2.80. The van der Waals surface area contributed by atoms with Crippen LogP contribution in [0.5, 0.6) is 0 Å². The molecule has 12 heavy (non-hydrogen) atoms. The van der Waals surface area contributed by atoms with E-state index in [0.29, 0.717) is 12.1 Å². The number of allylic oxidation sites excluding steroid dienone is 1. The van der Waals surface area contributed by atoms with Crippen molar-refractivity contribution in [1.82, 2.24) is 0 Å². The molecule has 0 radical (unpaired) electrons. The van der Waals surface area contributed by atoms with Crippen LogP contribution in [0.4, 0.5) is 0 Å². The van der Waals surface area contributed by atoms with Gasteiger partial charge in [-0.3, -0.25) is 0 Å². The summed E-state index contributed by atoms with van der Waals surface area (Å²) in [5, 5.41) is 0. The average Bonchev–Trinajstić information content (AvgIpc) is 2.48. The summed E-state index contributed by atoms with van der Waals surface area (Å²) < 4.78 is 5.46. The zero-order valence-electron chi connectivity index (χ0n) is 8.08. The minimum Gasteiger partial charge on any atom is -0.475 e. The van der Waals surface area contributed by atoms with Crippen molar-refractivity contribution in [3.05, 3.63) is 12.2 Å². The van der Waals surface area contributed by atoms with Crippen LogP contribution < -0.4 is 0 Å². The SMILES string of the molecule is CC.CC1=NC2C=CCCC2O1. The van der Waals surface area contributed by atoms with Crippen LogP contribution >= 0.6 is 0 Å². The third-order valence-corrected chi connectivity index (χ3v) is 1.98. The third kappa shape index (κ3) is 1.87. The maximum absolute atomic E-state index is 5.46. The summed E-state index contributed by atoms with van der Waals surface area (Å²) in [7, 11) is 0. The topological polar surface area (TPSA) is 21.6 Å². The highest BCUT2D eigenvalue weighted by Gasteiger charge is 2.27. The highest BCUT2D eigenvalue weighted by Crippen LogP contribution is 2.23. The van der Waals surface area contributed by atoms with Gasteiger partial charge in [0.1, 0.15) is 12.1 Å². The van der Waals surface area contributed by atoms with Gasteiger partial charge in [-0.05, 0) is 12.8 Å². The second-order valence-electron chi connectivity index (χ2n) is 2.80. The fraction of sp³-hybridized carbons (Fsp3) is 0.700. The maximum atomic E-state index is 5.46. The lowest BCUT2D eigenvalue weighted by molar-refractivity contribution is 0.190. The summed E-state index contributed by atoms with van der Waals surface area (Å²) >= 11 is 0. The molecular formula is C10H17NO. The standard InChI is InChI=1S/C8H11NO.C2H6/c1-6-9-7-4-2-3-5-8(7)10-6;1-2/h2,4,7-8H,3,5H2,1H3;1-2H3. The zero-order chi connectivity index (χ0) is 8.97. The van der Waals surface area contributed by atoms with Crippen molar-refractivity contribution in [1.29, 1.82) is 0 Å². The van der Waals surface area contributed by atoms with Gasteiger partial charge in [-0.25, -0.2) is 4.99 Å². The Labute approximate surface area is 74.3 Å². The number of hydrogen-bond acceptors (Lipinski definition) is 2. The first-order valence-electron chi connectivity index (χ1n) is 4.74. The molecule has 1 aliphatic carbocycles. The van der Waals surface area contributed by atoms with Crippen molar-refractivity contribution >= 4 is 5.90 Å². The van der Waals surface area contributed by atoms with Gasteiger partial charge in [-0.1, -0.05) is 26.0 Å². The fourth-order valence-corrected chi connectivity index (χ4v) is 1.51. The van der Waals surface area contributed by atoms with Crippen LogP contribution in [0.1, 0.15) is 33.6 Å². The van der Waals surface area contributed by atoms with Crippen LogP contribution in [0.2, 0.25) is 0 Å². The number of nitrogens with zero attached hydrogens (tertiary/aromatic N) is 1. The minimum atomic E-state index is 0.328. The molecule has 0 N–H and O–H groups in total. The Hall–Kier alpha value is -0.790. The van der Waals surface area contributed by atoms with E-state index < -0.39 is 0 Å². The van der Waals surface area contributed by atoms with Crippen molar-refractivity contribution in [3.8, 4) is 0 Å². The predicted molar refractivity (Wildman–Crippen MR) is 51.5 cm³/mol. The van der Waals surface area contributed by atoms with E-state index in [0.717, 1.165) is 18.7 Å². The average molecular weight is 167 g/mol. The highest BCUT2D eigenvalue weighted by atomic mass is 16.5. The molecule has 0 spiro atoms. The Morgan fingerprint density at radius 1 is 1.50 bits per heavy atom. The maximum Gasteiger partial charge on any atom is 0.181 e. The molecule has 1 aliphatic heterocycles. The second kappa shape index (κ2) is 4.29. The van der Waals surface area contributed by atoms with Crippen LogP contribution in [-0.2, 0) is 4.74 Å². The van der Waals surface area contributed by atoms with E-state index in [1.807, 2.05) is 20.8 Å². The smallest absolute Gasteiger partial charge is 0.181 e. The first-order valence-corrected chi connectivity index (χ1v) is 4.74. The Morgan fingerprint density at radius 2 is 2.25 bits per heavy atom. The van der Waals surface area contributed by atoms with Crippen molar-refractivity contribution in [2.45, 2.75) is 45.8 Å². The molecule has 0 fully saturated rings. The van der Waals surface area contributed by atoms with Gasteiger partial charge < -0.3 is 4.74 Å². The van der Waals surface area contributed by atoms with Crippen LogP contribution in [-0.4, -0.2) is 18.0 Å². The number of fused-ring (bicyclic) bond motifs is 1. The van der Waals surface area contributed by atoms with Gasteiger partial charge >= 0.3 is 0 Å². The van der Waals surface area contributed by atoms with Crippen LogP contribution in [0.25, 0.3) is 0 Å². The normalized spacial score (nSPS) is 31.1. The van der Waals surface area contributed by atoms with Gasteiger partial charge in [0.25, 0.3) is 0 Å². The van der Waals surface area contributed by atoms with Gasteiger partial charge in [0.05, 0.1) is 0 Å². The molecule has 1 heterocycles. The van der Waals surface area contributed by atoms with Crippen LogP contribution in [0.15, 0.2) is 17.1 Å². The van der Waals surface area contributed by atoms with Crippen LogP contribution in [0.3, 0.4) is 0 Å². The lowest BCUT2D eigenvalue weighted by Crippen LogP contribution is -2.22. The van der Waals surface area contributed by atoms with E-state index in [4.69, 9.17) is 4.74 Å². The summed E-state index contributed by atoms with van der Waals surface area (Å²) in [6.45, 7) is 5.92. The van der Waals surface area contributed by atoms with E-state index in [9.17, 15) is 0 Å². The first kappa shape index (κ1) is 9.30. The zero-order valence-corrected chi connectivity index (χ0v) is 8.08. The van der Waals surface area contributed by atoms with E-state index in [1.54, 1.807) is 0 Å². The summed E-state index contributed by atoms with van der Waals surface area (Å²) in [6, 6.07) is 0.328. The molecule has 0 aromatic carbocycles. The molecule has 2 atom stereocenters. The number of rotatable bonds is 0. The molecule has 68 valence electrons. The van der Waals surface area contributed by atoms with E-state index >= 15 is 0 Å². The van der Waals surface area contributed by atoms with Gasteiger partial charge in [0.15, 0.2) is 5.90 Å². The predicted octanol–water partition coefficient (Wildman–Crippen LogP) is 2.55. The summed E-state index contributed by atoms with van der Waals surface area (Å²) in [5.41, 5.74) is 0. The van der Waals surface area contributed by atoms with Crippen molar-refractivity contribution in [3.63, 3.8) is 0 Å². The highest BCUT2D eigenvalue weighted by molar-refractivity contribution is 5.75. The number of aliphatic imine (C=N–C) groups is 1. The van der Waals surface area contributed by atoms with Crippen molar-refractivity contribution in [2.75, 3.05) is 0 Å². The number of hydrogen-bond donors (Lipinski definition) is 0. The van der Waals surface area contributed by atoms with Gasteiger partial charge in [-0.15, -0.1) is 0 Å². The molecule has 2 nitrogen and oxygen atoms in total. The Bertz CT molecular complexity index is 196.